The molecule has 1 aromatic heterocycles. The van der Waals surface area contributed by atoms with Crippen LogP contribution in [0.25, 0.3) is 11.0 Å². The number of sulfonamides is 1. The van der Waals surface area contributed by atoms with Crippen molar-refractivity contribution in [3.63, 3.8) is 0 Å². The summed E-state index contributed by atoms with van der Waals surface area (Å²) in [5.74, 6) is 0. The molecule has 9 heteroatoms. The Balaban J connectivity index is 2.16. The van der Waals surface area contributed by atoms with Gasteiger partial charge >= 0.3 is 5.63 Å². The van der Waals surface area contributed by atoms with E-state index in [9.17, 15) is 23.3 Å². The first-order valence-corrected chi connectivity index (χ1v) is 8.58. The largest absolute Gasteiger partial charge is 0.421 e. The highest BCUT2D eigenvalue weighted by molar-refractivity contribution is 7.92. The van der Waals surface area contributed by atoms with Gasteiger partial charge in [0, 0.05) is 11.5 Å². The zero-order valence-electron chi connectivity index (χ0n) is 12.9. The molecule has 3 aromatic rings. The van der Waals surface area contributed by atoms with Crippen LogP contribution in [0.5, 0.6) is 0 Å². The molecule has 0 bridgehead atoms. The van der Waals surface area contributed by atoms with Gasteiger partial charge in [-0.1, -0.05) is 30.3 Å². The highest BCUT2D eigenvalue weighted by Gasteiger charge is 2.27. The predicted octanol–water partition coefficient (Wildman–Crippen LogP) is 2.81. The number of fused-ring (bicyclic) bond motifs is 1. The number of hydrogen-bond donors (Lipinski definition) is 1. The number of anilines is 1. The molecule has 0 aliphatic rings. The SMILES string of the molecule is Cc1c(NS(=O)(=O)c2ccccc2[N+](=O)[O-])c(=O)oc2ccccc12. The second-order valence-electron chi connectivity index (χ2n) is 5.22. The Morgan fingerprint density at radius 3 is 2.44 bits per heavy atom. The molecule has 0 amide bonds. The van der Waals surface area contributed by atoms with Gasteiger partial charge in [-0.15, -0.1) is 0 Å². The van der Waals surface area contributed by atoms with Gasteiger partial charge < -0.3 is 4.42 Å². The van der Waals surface area contributed by atoms with Crippen LogP contribution in [0, 0.1) is 17.0 Å². The zero-order chi connectivity index (χ0) is 18.2. The molecule has 0 fully saturated rings. The van der Waals surface area contributed by atoms with Crippen molar-refractivity contribution < 1.29 is 17.8 Å². The van der Waals surface area contributed by atoms with Crippen molar-refractivity contribution in [3.05, 3.63) is 74.6 Å². The molecule has 0 radical (unpaired) electrons. The van der Waals surface area contributed by atoms with Gasteiger partial charge in [0.1, 0.15) is 11.3 Å². The van der Waals surface area contributed by atoms with Crippen LogP contribution >= 0.6 is 0 Å². The number of nitro groups is 1. The van der Waals surface area contributed by atoms with Crippen LogP contribution in [-0.2, 0) is 10.0 Å². The minimum Gasteiger partial charge on any atom is -0.421 e. The van der Waals surface area contributed by atoms with Gasteiger partial charge in [-0.05, 0) is 24.6 Å². The fourth-order valence-corrected chi connectivity index (χ4v) is 3.74. The molecule has 128 valence electrons. The number of hydrogen-bond acceptors (Lipinski definition) is 6. The van der Waals surface area contributed by atoms with Gasteiger partial charge in [0.05, 0.1) is 4.92 Å². The smallest absolute Gasteiger partial charge is 0.361 e. The summed E-state index contributed by atoms with van der Waals surface area (Å²) >= 11 is 0. The molecule has 0 spiro atoms. The average Bonchev–Trinajstić information content (AvgIpc) is 2.58. The molecule has 0 saturated carbocycles. The van der Waals surface area contributed by atoms with E-state index in [0.717, 1.165) is 12.1 Å². The van der Waals surface area contributed by atoms with Crippen LogP contribution in [0.15, 0.2) is 62.6 Å². The number of nitro benzene ring substituents is 1. The Morgan fingerprint density at radius 1 is 1.08 bits per heavy atom. The van der Waals surface area contributed by atoms with Crippen LogP contribution in [0.1, 0.15) is 5.56 Å². The molecule has 0 saturated heterocycles. The molecule has 1 N–H and O–H groups in total. The Morgan fingerprint density at radius 2 is 1.72 bits per heavy atom. The third kappa shape index (κ3) is 2.96. The molecule has 2 aromatic carbocycles. The number of rotatable bonds is 4. The molecule has 0 aliphatic heterocycles. The summed E-state index contributed by atoms with van der Waals surface area (Å²) in [6.45, 7) is 1.57. The van der Waals surface area contributed by atoms with Crippen LogP contribution < -0.4 is 10.3 Å². The van der Waals surface area contributed by atoms with Gasteiger partial charge in [0.15, 0.2) is 4.90 Å². The van der Waals surface area contributed by atoms with Crippen molar-refractivity contribution >= 4 is 32.4 Å². The molecular formula is C16H12N2O6S. The lowest BCUT2D eigenvalue weighted by Crippen LogP contribution is -2.20. The van der Waals surface area contributed by atoms with Gasteiger partial charge in [-0.2, -0.15) is 0 Å². The van der Waals surface area contributed by atoms with E-state index in [1.807, 2.05) is 0 Å². The summed E-state index contributed by atoms with van der Waals surface area (Å²) in [5.41, 5.74) is -1.05. The molecule has 1 heterocycles. The molecule has 3 rings (SSSR count). The number of benzene rings is 2. The highest BCUT2D eigenvalue weighted by atomic mass is 32.2. The van der Waals surface area contributed by atoms with E-state index in [1.165, 1.54) is 12.1 Å². The van der Waals surface area contributed by atoms with Crippen LogP contribution in [0.2, 0.25) is 0 Å². The van der Waals surface area contributed by atoms with Gasteiger partial charge in [-0.25, -0.2) is 13.2 Å². The van der Waals surface area contributed by atoms with E-state index in [4.69, 9.17) is 4.42 Å². The second kappa shape index (κ2) is 6.02. The van der Waals surface area contributed by atoms with Crippen LogP contribution in [-0.4, -0.2) is 13.3 Å². The van der Waals surface area contributed by atoms with Gasteiger partial charge in [0.25, 0.3) is 15.7 Å². The lowest BCUT2D eigenvalue weighted by atomic mass is 10.1. The second-order valence-corrected chi connectivity index (χ2v) is 6.87. The molecule has 0 aliphatic carbocycles. The van der Waals surface area contributed by atoms with Gasteiger partial charge in [-0.3, -0.25) is 14.8 Å². The maximum atomic E-state index is 12.6. The molecular weight excluding hydrogens is 348 g/mol. The standard InChI is InChI=1S/C16H12N2O6S/c1-10-11-6-2-4-8-13(11)24-16(19)15(10)17-25(22,23)14-9-5-3-7-12(14)18(20)21/h2-9,17H,1H3. The normalized spacial score (nSPS) is 11.4. The minimum absolute atomic E-state index is 0.281. The zero-order valence-corrected chi connectivity index (χ0v) is 13.7. The number of nitrogens with zero attached hydrogens (tertiary/aromatic N) is 1. The first-order chi connectivity index (χ1) is 11.8. The minimum atomic E-state index is -4.35. The summed E-state index contributed by atoms with van der Waals surface area (Å²) < 4.78 is 32.4. The van der Waals surface area contributed by atoms with E-state index in [-0.39, 0.29) is 5.69 Å². The van der Waals surface area contributed by atoms with Crippen molar-refractivity contribution in [1.29, 1.82) is 0 Å². The molecule has 25 heavy (non-hydrogen) atoms. The predicted molar refractivity (Wildman–Crippen MR) is 91.1 cm³/mol. The first kappa shape index (κ1) is 16.7. The molecule has 0 unspecified atom stereocenters. The molecule has 8 nitrogen and oxygen atoms in total. The Hall–Kier alpha value is -3.20. The summed E-state index contributed by atoms with van der Waals surface area (Å²) in [6.07, 6.45) is 0. The van der Waals surface area contributed by atoms with Crippen LogP contribution in [0.4, 0.5) is 11.4 Å². The maximum absolute atomic E-state index is 12.6. The van der Waals surface area contributed by atoms with E-state index in [0.29, 0.717) is 16.5 Å². The van der Waals surface area contributed by atoms with Crippen molar-refractivity contribution in [1.82, 2.24) is 0 Å². The summed E-state index contributed by atoms with van der Waals surface area (Å²) in [6, 6.07) is 11.5. The highest BCUT2D eigenvalue weighted by Crippen LogP contribution is 2.27. The quantitative estimate of drug-likeness (QED) is 0.434. The number of aryl methyl sites for hydroxylation is 1. The summed E-state index contributed by atoms with van der Waals surface area (Å²) in [4.78, 5) is 21.9. The monoisotopic (exact) mass is 360 g/mol. The van der Waals surface area contributed by atoms with E-state index in [2.05, 4.69) is 4.72 Å². The average molecular weight is 360 g/mol. The van der Waals surface area contributed by atoms with Crippen molar-refractivity contribution in [2.24, 2.45) is 0 Å². The summed E-state index contributed by atoms with van der Waals surface area (Å²) in [5, 5.41) is 11.6. The van der Waals surface area contributed by atoms with Gasteiger partial charge in [0.2, 0.25) is 0 Å². The third-order valence-corrected chi connectivity index (χ3v) is 5.06. The van der Waals surface area contributed by atoms with Crippen molar-refractivity contribution in [3.8, 4) is 0 Å². The summed E-state index contributed by atoms with van der Waals surface area (Å²) in [7, 11) is -4.35. The van der Waals surface area contributed by atoms with E-state index < -0.39 is 31.2 Å². The number of para-hydroxylation sites is 2. The molecule has 0 atom stereocenters. The fourth-order valence-electron chi connectivity index (χ4n) is 2.45. The fraction of sp³-hybridized carbons (Fsp3) is 0.0625. The van der Waals surface area contributed by atoms with E-state index in [1.54, 1.807) is 31.2 Å². The number of nitrogens with one attached hydrogen (secondary N) is 1. The lowest BCUT2D eigenvalue weighted by Gasteiger charge is -2.11. The van der Waals surface area contributed by atoms with Crippen molar-refractivity contribution in [2.45, 2.75) is 11.8 Å². The Bertz CT molecular complexity index is 1150. The maximum Gasteiger partial charge on any atom is 0.361 e. The third-order valence-electron chi connectivity index (χ3n) is 3.66. The Labute approximate surface area is 141 Å². The topological polar surface area (TPSA) is 120 Å². The first-order valence-electron chi connectivity index (χ1n) is 7.10. The van der Waals surface area contributed by atoms with Crippen molar-refractivity contribution in [2.75, 3.05) is 4.72 Å². The van der Waals surface area contributed by atoms with Crippen LogP contribution in [0.3, 0.4) is 0 Å². The Kier molecular flexibility index (Phi) is 4.01. The lowest BCUT2D eigenvalue weighted by molar-refractivity contribution is -0.387. The van der Waals surface area contributed by atoms with E-state index >= 15 is 0 Å².